The summed E-state index contributed by atoms with van der Waals surface area (Å²) in [6.07, 6.45) is 0. The van der Waals surface area contributed by atoms with E-state index in [-0.39, 0.29) is 41.0 Å². The largest absolute Gasteiger partial charge is 0.487 e. The van der Waals surface area contributed by atoms with Gasteiger partial charge in [-0.25, -0.2) is 4.79 Å². The van der Waals surface area contributed by atoms with Crippen molar-refractivity contribution in [3.8, 4) is 16.9 Å². The normalized spacial score (nSPS) is 10.6. The van der Waals surface area contributed by atoms with E-state index in [9.17, 15) is 19.5 Å². The molecule has 0 fully saturated rings. The predicted molar refractivity (Wildman–Crippen MR) is 162 cm³/mol. The van der Waals surface area contributed by atoms with Gasteiger partial charge < -0.3 is 26.2 Å². The van der Waals surface area contributed by atoms with Gasteiger partial charge in [-0.2, -0.15) is 0 Å². The van der Waals surface area contributed by atoms with E-state index < -0.39 is 11.9 Å². The van der Waals surface area contributed by atoms with E-state index in [2.05, 4.69) is 10.6 Å². The lowest BCUT2D eigenvalue weighted by Crippen LogP contribution is -2.27. The van der Waals surface area contributed by atoms with Crippen LogP contribution in [0.3, 0.4) is 0 Å². The number of nitrogens with one attached hydrogen (secondary N) is 3. The minimum Gasteiger partial charge on any atom is -0.487 e. The van der Waals surface area contributed by atoms with Gasteiger partial charge in [-0.05, 0) is 59.0 Å². The van der Waals surface area contributed by atoms with Crippen molar-refractivity contribution in [3.63, 3.8) is 0 Å². The average Bonchev–Trinajstić information content (AvgIpc) is 2.99. The fourth-order valence-corrected chi connectivity index (χ4v) is 4.25. The molecule has 2 amide bonds. The Balaban J connectivity index is 1.66. The number of carbonyl (C=O) groups is 3. The molecule has 0 aliphatic carbocycles. The number of benzene rings is 4. The number of nitrogen functional groups attached to an aromatic ring is 1. The van der Waals surface area contributed by atoms with Crippen molar-refractivity contribution in [2.24, 2.45) is 11.7 Å². The molecule has 0 aliphatic heterocycles. The number of rotatable bonds is 11. The number of hydrogen-bond acceptors (Lipinski definition) is 5. The van der Waals surface area contributed by atoms with Gasteiger partial charge in [0.15, 0.2) is 0 Å². The van der Waals surface area contributed by atoms with E-state index in [0.717, 1.165) is 5.56 Å². The third-order valence-corrected chi connectivity index (χ3v) is 6.42. The fourth-order valence-electron chi connectivity index (χ4n) is 4.25. The van der Waals surface area contributed by atoms with Gasteiger partial charge in [0.1, 0.15) is 18.2 Å². The molecule has 4 aromatic rings. The first-order chi connectivity index (χ1) is 20.1. The van der Waals surface area contributed by atoms with Crippen LogP contribution in [-0.4, -0.2) is 35.3 Å². The number of amidine groups is 1. The number of amides is 2. The molecule has 0 aliphatic rings. The van der Waals surface area contributed by atoms with Crippen LogP contribution < -0.4 is 21.1 Å². The molecule has 0 saturated heterocycles. The number of aromatic carboxylic acids is 1. The summed E-state index contributed by atoms with van der Waals surface area (Å²) in [5, 5.41) is 23.4. The van der Waals surface area contributed by atoms with E-state index in [0.29, 0.717) is 34.7 Å². The Kier molecular flexibility index (Phi) is 9.34. The highest BCUT2D eigenvalue weighted by molar-refractivity contribution is 6.11. The van der Waals surface area contributed by atoms with Crippen molar-refractivity contribution in [3.05, 3.63) is 119 Å². The first-order valence-electron chi connectivity index (χ1n) is 13.4. The van der Waals surface area contributed by atoms with Crippen LogP contribution in [0.25, 0.3) is 11.1 Å². The summed E-state index contributed by atoms with van der Waals surface area (Å²) in [7, 11) is 0. The summed E-state index contributed by atoms with van der Waals surface area (Å²) < 4.78 is 6.00. The number of carbonyl (C=O) groups excluding carboxylic acids is 2. The number of nitrogens with two attached hydrogens (primary N) is 1. The molecule has 0 bridgehead atoms. The molecule has 0 atom stereocenters. The topological polar surface area (TPSA) is 155 Å². The highest BCUT2D eigenvalue weighted by atomic mass is 16.5. The molecule has 0 radical (unpaired) electrons. The van der Waals surface area contributed by atoms with E-state index in [4.69, 9.17) is 15.9 Å². The number of carboxylic acids is 1. The van der Waals surface area contributed by atoms with Gasteiger partial charge in [-0.15, -0.1) is 0 Å². The molecule has 0 heterocycles. The van der Waals surface area contributed by atoms with Crippen molar-refractivity contribution in [2.75, 3.05) is 11.9 Å². The Bertz CT molecular complexity index is 1630. The van der Waals surface area contributed by atoms with Gasteiger partial charge in [0.2, 0.25) is 0 Å². The van der Waals surface area contributed by atoms with Crippen LogP contribution in [0.15, 0.2) is 91.0 Å². The second-order valence-electron chi connectivity index (χ2n) is 10.1. The lowest BCUT2D eigenvalue weighted by Gasteiger charge is -2.16. The zero-order valence-electron chi connectivity index (χ0n) is 23.3. The van der Waals surface area contributed by atoms with Crippen molar-refractivity contribution in [2.45, 2.75) is 20.5 Å². The zero-order chi connectivity index (χ0) is 30.2. The van der Waals surface area contributed by atoms with E-state index in [1.165, 1.54) is 12.1 Å². The molecule has 42 heavy (non-hydrogen) atoms. The first-order valence-corrected chi connectivity index (χ1v) is 13.4. The minimum absolute atomic E-state index is 0.106. The van der Waals surface area contributed by atoms with Crippen molar-refractivity contribution >= 4 is 29.3 Å². The Morgan fingerprint density at radius 1 is 0.833 bits per heavy atom. The minimum atomic E-state index is -1.23. The quantitative estimate of drug-likeness (QED) is 0.119. The summed E-state index contributed by atoms with van der Waals surface area (Å²) in [6.45, 7) is 4.60. The number of anilines is 1. The van der Waals surface area contributed by atoms with Crippen LogP contribution in [0, 0.1) is 11.3 Å². The molecule has 0 saturated carbocycles. The molecule has 4 rings (SSSR count). The van der Waals surface area contributed by atoms with Gasteiger partial charge in [-0.3, -0.25) is 15.0 Å². The molecule has 214 valence electrons. The number of carboxylic acid groups (broad SMARTS) is 1. The predicted octanol–water partition coefficient (Wildman–Crippen LogP) is 5.55. The molecule has 0 unspecified atom stereocenters. The van der Waals surface area contributed by atoms with Crippen molar-refractivity contribution < 1.29 is 24.2 Å². The number of ether oxygens (including phenoxy) is 1. The average molecular weight is 565 g/mol. The fraction of sp³-hybridized carbons (Fsp3) is 0.152. The van der Waals surface area contributed by atoms with Crippen LogP contribution in [-0.2, 0) is 6.61 Å². The third kappa shape index (κ3) is 7.19. The molecular weight excluding hydrogens is 532 g/mol. The maximum atomic E-state index is 13.6. The summed E-state index contributed by atoms with van der Waals surface area (Å²) in [4.78, 5) is 38.5. The van der Waals surface area contributed by atoms with Crippen LogP contribution in [0.4, 0.5) is 5.69 Å². The molecule has 0 spiro atoms. The second kappa shape index (κ2) is 13.3. The Hall–Kier alpha value is -5.44. The Labute approximate surface area is 243 Å². The van der Waals surface area contributed by atoms with Crippen molar-refractivity contribution in [1.82, 2.24) is 5.32 Å². The van der Waals surface area contributed by atoms with Crippen LogP contribution in [0.2, 0.25) is 0 Å². The zero-order valence-corrected chi connectivity index (χ0v) is 23.3. The molecule has 0 aromatic heterocycles. The van der Waals surface area contributed by atoms with Gasteiger partial charge in [0.05, 0.1) is 11.3 Å². The lowest BCUT2D eigenvalue weighted by atomic mass is 9.93. The Morgan fingerprint density at radius 3 is 2.19 bits per heavy atom. The third-order valence-electron chi connectivity index (χ3n) is 6.42. The van der Waals surface area contributed by atoms with Gasteiger partial charge in [0, 0.05) is 23.2 Å². The smallest absolute Gasteiger partial charge is 0.336 e. The Morgan fingerprint density at radius 2 is 1.50 bits per heavy atom. The molecule has 9 nitrogen and oxygen atoms in total. The highest BCUT2D eigenvalue weighted by Crippen LogP contribution is 2.31. The highest BCUT2D eigenvalue weighted by Gasteiger charge is 2.21. The summed E-state index contributed by atoms with van der Waals surface area (Å²) in [5.74, 6) is -1.69. The standard InChI is InChI=1S/C33H32N4O5/c1-20(2)18-36-31(38)23-12-14-25(27(16-23)33(40)41)24-10-6-7-11-26(24)32(39)37-28-15-13-22(30(34)35)17-29(28)42-19-21-8-4-3-5-9-21/h3-17,20H,18-19H2,1-2H3,(H3,34,35)(H,36,38)(H,37,39)(H,40,41). The summed E-state index contributed by atoms with van der Waals surface area (Å²) in [6, 6.07) is 25.3. The van der Waals surface area contributed by atoms with E-state index in [1.807, 2.05) is 44.2 Å². The molecule has 9 heteroatoms. The van der Waals surface area contributed by atoms with E-state index >= 15 is 0 Å². The van der Waals surface area contributed by atoms with Gasteiger partial charge in [-0.1, -0.05) is 68.4 Å². The lowest BCUT2D eigenvalue weighted by molar-refractivity contribution is 0.0697. The van der Waals surface area contributed by atoms with Gasteiger partial charge in [0.25, 0.3) is 11.8 Å². The monoisotopic (exact) mass is 564 g/mol. The first kappa shape index (κ1) is 29.5. The molecular formula is C33H32N4O5. The number of hydrogen-bond donors (Lipinski definition) is 5. The second-order valence-corrected chi connectivity index (χ2v) is 10.1. The van der Waals surface area contributed by atoms with Gasteiger partial charge >= 0.3 is 5.97 Å². The summed E-state index contributed by atoms with van der Waals surface area (Å²) in [5.41, 5.74) is 8.38. The van der Waals surface area contributed by atoms with Crippen LogP contribution in [0.5, 0.6) is 5.75 Å². The SMILES string of the molecule is CC(C)CNC(=O)c1ccc(-c2ccccc2C(=O)Nc2ccc(C(=N)N)cc2OCc2ccccc2)c(C(=O)O)c1. The maximum absolute atomic E-state index is 13.6. The molecule has 4 aromatic carbocycles. The maximum Gasteiger partial charge on any atom is 0.336 e. The molecule has 6 N–H and O–H groups in total. The van der Waals surface area contributed by atoms with E-state index in [1.54, 1.807) is 48.5 Å². The summed E-state index contributed by atoms with van der Waals surface area (Å²) >= 11 is 0. The van der Waals surface area contributed by atoms with Crippen LogP contribution in [0.1, 0.15) is 56.0 Å². The van der Waals surface area contributed by atoms with Crippen molar-refractivity contribution in [1.29, 1.82) is 5.41 Å². The van der Waals surface area contributed by atoms with Crippen LogP contribution >= 0.6 is 0 Å².